The molecule has 0 saturated carbocycles. The Hall–Kier alpha value is -2.14. The van der Waals surface area contributed by atoms with Gasteiger partial charge in [-0.3, -0.25) is 9.89 Å². The largest absolute Gasteiger partial charge is 0.391 e. The number of likely N-dealkylation sites (tertiary alicyclic amines) is 1. The molecule has 1 aromatic carbocycles. The van der Waals surface area contributed by atoms with Crippen molar-refractivity contribution < 1.29 is 9.90 Å². The predicted molar refractivity (Wildman–Crippen MR) is 83.3 cm³/mol. The Morgan fingerprint density at radius 2 is 2.14 bits per heavy atom. The molecule has 0 spiro atoms. The third kappa shape index (κ3) is 3.36. The van der Waals surface area contributed by atoms with Gasteiger partial charge in [-0.05, 0) is 25.0 Å². The summed E-state index contributed by atoms with van der Waals surface area (Å²) < 4.78 is 0. The summed E-state index contributed by atoms with van der Waals surface area (Å²) in [6.07, 6.45) is 0.610. The highest BCUT2D eigenvalue weighted by Crippen LogP contribution is 2.22. The standard InChI is InChI=1S/C17H21N3O2/c1-12-7-15(19-18-12)9-14-10-20(11-16(14)21)17(22)8-13-5-3-2-4-6-13/h2-7,14,16,21H,8-11H2,1H3,(H,18,19)/t14-,16-/m1/s1. The van der Waals surface area contributed by atoms with Gasteiger partial charge in [-0.25, -0.2) is 0 Å². The number of aliphatic hydroxyl groups is 1. The Morgan fingerprint density at radius 3 is 2.82 bits per heavy atom. The molecule has 0 radical (unpaired) electrons. The number of carbonyl (C=O) groups is 1. The minimum Gasteiger partial charge on any atom is -0.391 e. The molecule has 1 aliphatic rings. The van der Waals surface area contributed by atoms with E-state index in [0.717, 1.165) is 17.0 Å². The number of aromatic amines is 1. The molecule has 1 saturated heterocycles. The molecule has 116 valence electrons. The van der Waals surface area contributed by atoms with Crippen molar-refractivity contribution in [3.63, 3.8) is 0 Å². The summed E-state index contributed by atoms with van der Waals surface area (Å²) in [6, 6.07) is 11.7. The van der Waals surface area contributed by atoms with Gasteiger partial charge in [-0.2, -0.15) is 5.10 Å². The third-order valence-corrected chi connectivity index (χ3v) is 4.19. The number of aliphatic hydroxyl groups excluding tert-OH is 1. The zero-order chi connectivity index (χ0) is 15.5. The maximum Gasteiger partial charge on any atom is 0.227 e. The number of aryl methyl sites for hydroxylation is 1. The van der Waals surface area contributed by atoms with Crippen LogP contribution in [0.4, 0.5) is 0 Å². The summed E-state index contributed by atoms with van der Waals surface area (Å²) in [5.41, 5.74) is 2.96. The topological polar surface area (TPSA) is 69.2 Å². The van der Waals surface area contributed by atoms with E-state index in [9.17, 15) is 9.90 Å². The molecule has 5 heteroatoms. The average Bonchev–Trinajstić information content (AvgIpc) is 3.07. The maximum absolute atomic E-state index is 12.4. The normalized spacial score (nSPS) is 21.3. The van der Waals surface area contributed by atoms with E-state index in [2.05, 4.69) is 10.2 Å². The van der Waals surface area contributed by atoms with Crippen LogP contribution in [0.25, 0.3) is 0 Å². The molecule has 2 aromatic rings. The first-order chi connectivity index (χ1) is 10.6. The lowest BCUT2D eigenvalue weighted by molar-refractivity contribution is -0.129. The van der Waals surface area contributed by atoms with Gasteiger partial charge in [0, 0.05) is 24.7 Å². The summed E-state index contributed by atoms with van der Waals surface area (Å²) in [5.74, 6) is 0.133. The van der Waals surface area contributed by atoms with E-state index in [4.69, 9.17) is 0 Å². The summed E-state index contributed by atoms with van der Waals surface area (Å²) in [5, 5.41) is 17.3. The van der Waals surface area contributed by atoms with Crippen LogP contribution in [0.1, 0.15) is 17.0 Å². The van der Waals surface area contributed by atoms with Crippen LogP contribution in [0, 0.1) is 12.8 Å². The van der Waals surface area contributed by atoms with Crippen molar-refractivity contribution in [3.05, 3.63) is 53.3 Å². The van der Waals surface area contributed by atoms with E-state index in [-0.39, 0.29) is 11.8 Å². The van der Waals surface area contributed by atoms with Crippen molar-refractivity contribution in [1.29, 1.82) is 0 Å². The van der Waals surface area contributed by atoms with Crippen LogP contribution < -0.4 is 0 Å². The first-order valence-electron chi connectivity index (χ1n) is 7.62. The van der Waals surface area contributed by atoms with Gasteiger partial charge in [0.1, 0.15) is 0 Å². The molecule has 2 heterocycles. The number of nitrogens with zero attached hydrogens (tertiary/aromatic N) is 2. The number of rotatable bonds is 4. The van der Waals surface area contributed by atoms with E-state index >= 15 is 0 Å². The molecular formula is C17H21N3O2. The van der Waals surface area contributed by atoms with Crippen LogP contribution in [0.5, 0.6) is 0 Å². The fraction of sp³-hybridized carbons (Fsp3) is 0.412. The van der Waals surface area contributed by atoms with Gasteiger partial charge in [0.25, 0.3) is 0 Å². The lowest BCUT2D eigenvalue weighted by Crippen LogP contribution is -2.30. The minimum absolute atomic E-state index is 0.0578. The molecule has 22 heavy (non-hydrogen) atoms. The number of aromatic nitrogens is 2. The lowest BCUT2D eigenvalue weighted by atomic mass is 10.0. The Kier molecular flexibility index (Phi) is 4.24. The molecular weight excluding hydrogens is 278 g/mol. The number of β-amino-alcohol motifs (C(OH)–C–C–N with tert-alkyl or cyclic N) is 1. The van der Waals surface area contributed by atoms with Gasteiger partial charge in [0.15, 0.2) is 0 Å². The molecule has 1 aliphatic heterocycles. The van der Waals surface area contributed by atoms with Crippen LogP contribution in [0.15, 0.2) is 36.4 Å². The van der Waals surface area contributed by atoms with Gasteiger partial charge < -0.3 is 10.0 Å². The van der Waals surface area contributed by atoms with Crippen LogP contribution in [0.3, 0.4) is 0 Å². The van der Waals surface area contributed by atoms with Crippen molar-refractivity contribution in [1.82, 2.24) is 15.1 Å². The summed E-state index contributed by atoms with van der Waals surface area (Å²) in [7, 11) is 0. The molecule has 3 rings (SSSR count). The number of hydrogen-bond acceptors (Lipinski definition) is 3. The molecule has 0 aliphatic carbocycles. The van der Waals surface area contributed by atoms with Crippen molar-refractivity contribution in [2.75, 3.05) is 13.1 Å². The zero-order valence-corrected chi connectivity index (χ0v) is 12.7. The van der Waals surface area contributed by atoms with Gasteiger partial charge in [-0.1, -0.05) is 30.3 Å². The molecule has 1 fully saturated rings. The summed E-state index contributed by atoms with van der Waals surface area (Å²) in [6.45, 7) is 2.97. The van der Waals surface area contributed by atoms with E-state index < -0.39 is 6.10 Å². The highest BCUT2D eigenvalue weighted by Gasteiger charge is 2.34. The lowest BCUT2D eigenvalue weighted by Gasteiger charge is -2.16. The minimum atomic E-state index is -0.475. The Labute approximate surface area is 130 Å². The number of H-pyrrole nitrogens is 1. The first kappa shape index (κ1) is 14.8. The van der Waals surface area contributed by atoms with Crippen molar-refractivity contribution >= 4 is 5.91 Å². The maximum atomic E-state index is 12.4. The van der Waals surface area contributed by atoms with E-state index in [1.54, 1.807) is 4.90 Å². The fourth-order valence-corrected chi connectivity index (χ4v) is 2.99. The van der Waals surface area contributed by atoms with Gasteiger partial charge in [-0.15, -0.1) is 0 Å². The van der Waals surface area contributed by atoms with Gasteiger partial charge in [0.05, 0.1) is 18.2 Å². The summed E-state index contributed by atoms with van der Waals surface area (Å²) in [4.78, 5) is 14.1. The van der Waals surface area contributed by atoms with Crippen molar-refractivity contribution in [2.45, 2.75) is 25.9 Å². The number of nitrogens with one attached hydrogen (secondary N) is 1. The zero-order valence-electron chi connectivity index (χ0n) is 12.7. The number of hydrogen-bond donors (Lipinski definition) is 2. The number of benzene rings is 1. The Balaban J connectivity index is 1.59. The number of carbonyl (C=O) groups excluding carboxylic acids is 1. The van der Waals surface area contributed by atoms with Crippen LogP contribution >= 0.6 is 0 Å². The van der Waals surface area contributed by atoms with Gasteiger partial charge >= 0.3 is 0 Å². The molecule has 0 unspecified atom stereocenters. The quantitative estimate of drug-likeness (QED) is 0.894. The smallest absolute Gasteiger partial charge is 0.227 e. The Bertz CT molecular complexity index is 638. The average molecular weight is 299 g/mol. The van der Waals surface area contributed by atoms with E-state index in [0.29, 0.717) is 25.9 Å². The molecule has 5 nitrogen and oxygen atoms in total. The second-order valence-electron chi connectivity index (χ2n) is 6.03. The van der Waals surface area contributed by atoms with Gasteiger partial charge in [0.2, 0.25) is 5.91 Å². The van der Waals surface area contributed by atoms with Crippen LogP contribution in [-0.2, 0) is 17.6 Å². The van der Waals surface area contributed by atoms with Crippen LogP contribution in [-0.4, -0.2) is 45.3 Å². The van der Waals surface area contributed by atoms with Crippen LogP contribution in [0.2, 0.25) is 0 Å². The van der Waals surface area contributed by atoms with E-state index in [1.165, 1.54) is 0 Å². The fourth-order valence-electron chi connectivity index (χ4n) is 2.99. The molecule has 1 aromatic heterocycles. The second kappa shape index (κ2) is 6.32. The predicted octanol–water partition coefficient (Wildman–Crippen LogP) is 1.32. The van der Waals surface area contributed by atoms with E-state index in [1.807, 2.05) is 43.3 Å². The molecule has 0 bridgehead atoms. The van der Waals surface area contributed by atoms with Crippen molar-refractivity contribution in [2.24, 2.45) is 5.92 Å². The summed E-state index contributed by atoms with van der Waals surface area (Å²) >= 11 is 0. The highest BCUT2D eigenvalue weighted by atomic mass is 16.3. The van der Waals surface area contributed by atoms with Crippen molar-refractivity contribution in [3.8, 4) is 0 Å². The molecule has 2 N–H and O–H groups in total. The highest BCUT2D eigenvalue weighted by molar-refractivity contribution is 5.79. The molecule has 1 amide bonds. The molecule has 2 atom stereocenters. The monoisotopic (exact) mass is 299 g/mol. The first-order valence-corrected chi connectivity index (χ1v) is 7.62. The second-order valence-corrected chi connectivity index (χ2v) is 6.03. The Morgan fingerprint density at radius 1 is 1.36 bits per heavy atom. The third-order valence-electron chi connectivity index (χ3n) is 4.19. The SMILES string of the molecule is Cc1cc(C[C@@H]2CN(C(=O)Cc3ccccc3)C[C@H]2O)n[nH]1. The number of amides is 1.